The minimum atomic E-state index is -3.75. The van der Waals surface area contributed by atoms with Crippen LogP contribution < -0.4 is 62.0 Å². The molecule has 11 heteroatoms. The fraction of sp³-hybridized carbons (Fsp3) is 0.455. The van der Waals surface area contributed by atoms with Gasteiger partial charge in [0.1, 0.15) is 0 Å². The van der Waals surface area contributed by atoms with Crippen LogP contribution in [0.2, 0.25) is 0 Å². The van der Waals surface area contributed by atoms with E-state index in [1.54, 1.807) is 12.4 Å². The maximum absolute atomic E-state index is 10.5. The minimum Gasteiger partial charge on any atom is -1.00 e. The third kappa shape index (κ3) is 19.4. The molecular formula is C11H16Cl5NO3SSb-. The molecule has 0 aliphatic heterocycles. The van der Waals surface area contributed by atoms with Crippen molar-refractivity contribution in [3.05, 3.63) is 37.0 Å². The van der Waals surface area contributed by atoms with Crippen LogP contribution in [0.25, 0.3) is 0 Å². The number of hydrogen-bond acceptors (Lipinski definition) is 3. The molecule has 1 aromatic rings. The molecule has 0 atom stereocenters. The SMILES string of the molecule is O=S(=O)(O)C1CC[CH-]CC1.[Cl-].[Cl-].[Cl-].[Cl-].[Cl-].[Sb+5].c1ccncc1. The Labute approximate surface area is 181 Å². The van der Waals surface area contributed by atoms with Crippen molar-refractivity contribution < 1.29 is 75.0 Å². The molecule has 1 aliphatic carbocycles. The Hall–Kier alpha value is 1.33. The van der Waals surface area contributed by atoms with Crippen molar-refractivity contribution in [3.8, 4) is 0 Å². The molecule has 1 fully saturated rings. The molecule has 1 saturated carbocycles. The van der Waals surface area contributed by atoms with Gasteiger partial charge >= 0.3 is 24.4 Å². The van der Waals surface area contributed by atoms with Crippen LogP contribution in [0.5, 0.6) is 0 Å². The molecule has 130 valence electrons. The van der Waals surface area contributed by atoms with Crippen LogP contribution in [0.3, 0.4) is 0 Å². The number of nitrogens with zero attached hydrogens (tertiary/aromatic N) is 1. The van der Waals surface area contributed by atoms with Gasteiger partial charge in [-0.25, -0.2) is 0 Å². The number of aromatic nitrogens is 1. The predicted molar refractivity (Wildman–Crippen MR) is 68.1 cm³/mol. The van der Waals surface area contributed by atoms with Gasteiger partial charge in [0, 0.05) is 12.4 Å². The summed E-state index contributed by atoms with van der Waals surface area (Å²) >= 11 is 0. The van der Waals surface area contributed by atoms with Gasteiger partial charge in [0.05, 0.1) is 5.25 Å². The summed E-state index contributed by atoms with van der Waals surface area (Å²) in [6.07, 6.45) is 8.34. The first-order chi connectivity index (χ1) is 7.61. The molecule has 0 bridgehead atoms. The van der Waals surface area contributed by atoms with Crippen LogP contribution in [0.15, 0.2) is 30.6 Å². The van der Waals surface area contributed by atoms with E-state index in [1.165, 1.54) is 0 Å². The van der Waals surface area contributed by atoms with Gasteiger partial charge in [0.25, 0.3) is 10.1 Å². The van der Waals surface area contributed by atoms with E-state index in [1.807, 2.05) is 18.2 Å². The van der Waals surface area contributed by atoms with E-state index in [0.717, 1.165) is 12.8 Å². The Morgan fingerprint density at radius 1 is 0.909 bits per heavy atom. The number of halogens is 5. The van der Waals surface area contributed by atoms with E-state index >= 15 is 0 Å². The molecule has 1 N–H and O–H groups in total. The minimum absolute atomic E-state index is 0. The van der Waals surface area contributed by atoms with Crippen LogP contribution in [-0.4, -0.2) is 47.6 Å². The van der Waals surface area contributed by atoms with Crippen LogP contribution >= 0.6 is 0 Å². The van der Waals surface area contributed by atoms with E-state index in [9.17, 15) is 8.42 Å². The third-order valence-corrected chi connectivity index (χ3v) is 3.69. The van der Waals surface area contributed by atoms with Gasteiger partial charge in [0.2, 0.25) is 0 Å². The molecule has 0 saturated heterocycles. The zero-order chi connectivity index (χ0) is 11.9. The van der Waals surface area contributed by atoms with E-state index < -0.39 is 15.4 Å². The average molecular weight is 541 g/mol. The fourth-order valence-corrected chi connectivity index (χ4v) is 2.37. The summed E-state index contributed by atoms with van der Waals surface area (Å²) in [5.74, 6) is 0. The average Bonchev–Trinajstić information content (AvgIpc) is 2.32. The molecule has 2 rings (SSSR count). The van der Waals surface area contributed by atoms with E-state index in [2.05, 4.69) is 11.4 Å². The second-order valence-electron chi connectivity index (χ2n) is 3.60. The summed E-state index contributed by atoms with van der Waals surface area (Å²) < 4.78 is 29.7. The van der Waals surface area contributed by atoms with Gasteiger partial charge in [-0.15, -0.1) is 0 Å². The zero-order valence-corrected chi connectivity index (χ0v) is 18.5. The van der Waals surface area contributed by atoms with Gasteiger partial charge in [0.15, 0.2) is 0 Å². The molecule has 4 nitrogen and oxygen atoms in total. The summed E-state index contributed by atoms with van der Waals surface area (Å²) in [7, 11) is -3.75. The predicted octanol–water partition coefficient (Wildman–Crippen LogP) is -13.3. The molecule has 22 heavy (non-hydrogen) atoms. The number of rotatable bonds is 1. The van der Waals surface area contributed by atoms with Gasteiger partial charge in [-0.3, -0.25) is 9.54 Å². The molecule has 0 spiro atoms. The first kappa shape index (κ1) is 38.7. The van der Waals surface area contributed by atoms with Crippen molar-refractivity contribution in [3.63, 3.8) is 0 Å². The Kier molecular flexibility index (Phi) is 39.3. The van der Waals surface area contributed by atoms with Crippen LogP contribution in [-0.2, 0) is 10.1 Å². The van der Waals surface area contributed by atoms with Gasteiger partial charge in [-0.05, 0) is 12.1 Å². The maximum atomic E-state index is 10.5. The summed E-state index contributed by atoms with van der Waals surface area (Å²) in [6.45, 7) is 0. The summed E-state index contributed by atoms with van der Waals surface area (Å²) in [6, 6.07) is 5.72. The topological polar surface area (TPSA) is 67.3 Å². The van der Waals surface area contributed by atoms with Crippen molar-refractivity contribution in [1.82, 2.24) is 4.98 Å². The van der Waals surface area contributed by atoms with Gasteiger partial charge in [-0.1, -0.05) is 18.9 Å². The molecule has 1 heterocycles. The standard InChI is InChI=1S/C6H11O3S.C5H5N.5ClH.Sb/c7-10(8,9)6-4-2-1-3-5-6;1-2-4-6-5-3-1;;;;;;/h1,6H,2-5H2,(H,7,8,9);1-5H;5*1H;/q-1;;;;;;;+5/p-5. The van der Waals surface area contributed by atoms with Crippen molar-refractivity contribution in [2.75, 3.05) is 0 Å². The normalized spacial score (nSPS) is 12.6. The van der Waals surface area contributed by atoms with E-state index in [0.29, 0.717) is 12.8 Å². The van der Waals surface area contributed by atoms with Crippen LogP contribution in [0.1, 0.15) is 25.7 Å². The van der Waals surface area contributed by atoms with Gasteiger partial charge in [-0.2, -0.15) is 21.3 Å². The quantitative estimate of drug-likeness (QED) is 0.218. The molecule has 1 aromatic heterocycles. The Morgan fingerprint density at radius 2 is 1.32 bits per heavy atom. The third-order valence-electron chi connectivity index (χ3n) is 2.37. The van der Waals surface area contributed by atoms with Crippen LogP contribution in [0.4, 0.5) is 0 Å². The summed E-state index contributed by atoms with van der Waals surface area (Å²) in [5, 5.41) is -0.502. The molecule has 0 amide bonds. The van der Waals surface area contributed by atoms with Crippen molar-refractivity contribution in [2.24, 2.45) is 0 Å². The smallest absolute Gasteiger partial charge is 1.00 e. The van der Waals surface area contributed by atoms with Gasteiger partial charge < -0.3 is 68.5 Å². The molecule has 1 aliphatic rings. The molecule has 0 radical (unpaired) electrons. The van der Waals surface area contributed by atoms with E-state index in [-0.39, 0.29) is 86.5 Å². The molecule has 0 aromatic carbocycles. The Morgan fingerprint density at radius 3 is 1.50 bits per heavy atom. The van der Waals surface area contributed by atoms with E-state index in [4.69, 9.17) is 4.55 Å². The largest absolute Gasteiger partial charge is 5.00 e. The molecular weight excluding hydrogens is 525 g/mol. The fourth-order valence-electron chi connectivity index (χ4n) is 1.51. The first-order valence-electron chi connectivity index (χ1n) is 5.23. The van der Waals surface area contributed by atoms with Crippen molar-refractivity contribution in [1.29, 1.82) is 0 Å². The first-order valence-corrected chi connectivity index (χ1v) is 6.74. The Balaban J connectivity index is -0.0000000483. The number of pyridine rings is 1. The van der Waals surface area contributed by atoms with Crippen molar-refractivity contribution >= 4 is 34.5 Å². The van der Waals surface area contributed by atoms with Crippen LogP contribution in [0, 0.1) is 6.42 Å². The maximum Gasteiger partial charge on any atom is 5.00 e. The summed E-state index contributed by atoms with van der Waals surface area (Å²) in [5.41, 5.74) is 0. The Bertz CT molecular complexity index is 367. The zero-order valence-electron chi connectivity index (χ0n) is 11.3. The molecule has 0 unspecified atom stereocenters. The summed E-state index contributed by atoms with van der Waals surface area (Å²) in [4.78, 5) is 3.78. The second-order valence-corrected chi connectivity index (χ2v) is 5.30. The monoisotopic (exact) mass is 538 g/mol. The second kappa shape index (κ2) is 22.3. The number of hydrogen-bond donors (Lipinski definition) is 1. The van der Waals surface area contributed by atoms with Crippen molar-refractivity contribution in [2.45, 2.75) is 30.9 Å².